The second kappa shape index (κ2) is 5.77. The van der Waals surface area contributed by atoms with Crippen molar-refractivity contribution < 1.29 is 9.59 Å². The fraction of sp³-hybridized carbons (Fsp3) is 0.105. The third kappa shape index (κ3) is 2.60. The summed E-state index contributed by atoms with van der Waals surface area (Å²) >= 11 is 0. The second-order valence-corrected chi connectivity index (χ2v) is 5.72. The molecule has 0 radical (unpaired) electrons. The van der Waals surface area contributed by atoms with Gasteiger partial charge in [0.2, 0.25) is 0 Å². The summed E-state index contributed by atoms with van der Waals surface area (Å²) in [6, 6.07) is 16.6. The normalized spacial score (nSPS) is 13.2. The summed E-state index contributed by atoms with van der Waals surface area (Å²) in [6.07, 6.45) is 0.807. The molecule has 118 valence electrons. The van der Waals surface area contributed by atoms with Crippen LogP contribution in [0.25, 0.3) is 10.9 Å². The van der Waals surface area contributed by atoms with Crippen molar-refractivity contribution >= 4 is 28.4 Å². The predicted octanol–water partition coefficient (Wildman–Crippen LogP) is 2.77. The van der Waals surface area contributed by atoms with Gasteiger partial charge in [-0.15, -0.1) is 0 Å². The zero-order valence-electron chi connectivity index (χ0n) is 12.9. The number of aromatic nitrogens is 1. The average molecular weight is 317 g/mol. The molecule has 3 aromatic rings. The van der Waals surface area contributed by atoms with Gasteiger partial charge in [0.1, 0.15) is 5.69 Å². The molecule has 0 atom stereocenters. The quantitative estimate of drug-likeness (QED) is 0.763. The molecule has 1 aliphatic rings. The molecule has 24 heavy (non-hydrogen) atoms. The molecule has 2 aromatic carbocycles. The summed E-state index contributed by atoms with van der Waals surface area (Å²) in [5, 5.41) is 6.60. The highest BCUT2D eigenvalue weighted by Crippen LogP contribution is 2.20. The van der Waals surface area contributed by atoms with Crippen molar-refractivity contribution in [1.29, 1.82) is 0 Å². The van der Waals surface area contributed by atoms with Crippen LogP contribution in [0.4, 0.5) is 5.69 Å². The van der Waals surface area contributed by atoms with E-state index in [1.54, 1.807) is 12.1 Å². The SMILES string of the molecule is O=C(Nc1ccc2c(c1)C(=O)NCC2)c1ccc2ccccc2n1. The second-order valence-electron chi connectivity index (χ2n) is 5.72. The Balaban J connectivity index is 1.61. The van der Waals surface area contributed by atoms with E-state index in [-0.39, 0.29) is 11.8 Å². The molecule has 4 rings (SSSR count). The van der Waals surface area contributed by atoms with Crippen LogP contribution < -0.4 is 10.6 Å². The number of carbonyl (C=O) groups is 2. The van der Waals surface area contributed by atoms with E-state index in [0.717, 1.165) is 22.9 Å². The van der Waals surface area contributed by atoms with Crippen LogP contribution in [0.3, 0.4) is 0 Å². The van der Waals surface area contributed by atoms with Gasteiger partial charge in [-0.3, -0.25) is 9.59 Å². The number of hydrogen-bond acceptors (Lipinski definition) is 3. The van der Waals surface area contributed by atoms with Gasteiger partial charge in [-0.25, -0.2) is 4.98 Å². The molecule has 0 fully saturated rings. The molecule has 0 aliphatic carbocycles. The van der Waals surface area contributed by atoms with Crippen LogP contribution in [0, 0.1) is 0 Å². The van der Waals surface area contributed by atoms with E-state index in [4.69, 9.17) is 0 Å². The standard InChI is InChI=1S/C19H15N3O2/c23-18-15-11-14(7-5-12(15)9-10-20-18)21-19(24)17-8-6-13-3-1-2-4-16(13)22-17/h1-8,11H,9-10H2,(H,20,23)(H,21,24). The first-order valence-electron chi connectivity index (χ1n) is 7.79. The molecule has 0 bridgehead atoms. The number of anilines is 1. The Labute approximate surface area is 138 Å². The molecule has 5 nitrogen and oxygen atoms in total. The first kappa shape index (κ1) is 14.4. The Morgan fingerprint density at radius 3 is 2.88 bits per heavy atom. The summed E-state index contributed by atoms with van der Waals surface area (Å²) in [7, 11) is 0. The topological polar surface area (TPSA) is 71.1 Å². The van der Waals surface area contributed by atoms with E-state index < -0.39 is 0 Å². The zero-order valence-corrected chi connectivity index (χ0v) is 12.9. The molecule has 1 aromatic heterocycles. The number of amides is 2. The number of benzene rings is 2. The van der Waals surface area contributed by atoms with Gasteiger partial charge in [0, 0.05) is 23.2 Å². The van der Waals surface area contributed by atoms with E-state index in [9.17, 15) is 9.59 Å². The third-order valence-corrected chi connectivity index (χ3v) is 4.12. The number of pyridine rings is 1. The maximum atomic E-state index is 12.4. The van der Waals surface area contributed by atoms with Crippen LogP contribution in [0.2, 0.25) is 0 Å². The fourth-order valence-electron chi connectivity index (χ4n) is 2.88. The van der Waals surface area contributed by atoms with Crippen molar-refractivity contribution in [3.05, 3.63) is 71.4 Å². The third-order valence-electron chi connectivity index (χ3n) is 4.12. The molecule has 1 aliphatic heterocycles. The summed E-state index contributed by atoms with van der Waals surface area (Å²) in [5.41, 5.74) is 3.32. The number of para-hydroxylation sites is 1. The number of carbonyl (C=O) groups excluding carboxylic acids is 2. The van der Waals surface area contributed by atoms with Gasteiger partial charge in [-0.1, -0.05) is 30.3 Å². The van der Waals surface area contributed by atoms with Crippen LogP contribution in [-0.2, 0) is 6.42 Å². The monoisotopic (exact) mass is 317 g/mol. The van der Waals surface area contributed by atoms with Gasteiger partial charge in [0.15, 0.2) is 0 Å². The maximum Gasteiger partial charge on any atom is 0.274 e. The average Bonchev–Trinajstić information content (AvgIpc) is 2.62. The molecule has 2 N–H and O–H groups in total. The molecule has 0 unspecified atom stereocenters. The lowest BCUT2D eigenvalue weighted by atomic mass is 10.00. The lowest BCUT2D eigenvalue weighted by Crippen LogP contribution is -2.31. The van der Waals surface area contributed by atoms with Gasteiger partial charge in [0.25, 0.3) is 11.8 Å². The summed E-state index contributed by atoms with van der Waals surface area (Å²) < 4.78 is 0. The Morgan fingerprint density at radius 1 is 1.08 bits per heavy atom. The minimum atomic E-state index is -0.295. The van der Waals surface area contributed by atoms with Gasteiger partial charge in [-0.2, -0.15) is 0 Å². The summed E-state index contributed by atoms with van der Waals surface area (Å²) in [4.78, 5) is 28.7. The van der Waals surface area contributed by atoms with Crippen LogP contribution >= 0.6 is 0 Å². The van der Waals surface area contributed by atoms with Crippen molar-refractivity contribution in [2.45, 2.75) is 6.42 Å². The maximum absolute atomic E-state index is 12.4. The Bertz CT molecular complexity index is 966. The number of hydrogen-bond donors (Lipinski definition) is 2. The Hall–Kier alpha value is -3.21. The largest absolute Gasteiger partial charge is 0.352 e. The highest BCUT2D eigenvalue weighted by atomic mass is 16.2. The van der Waals surface area contributed by atoms with Gasteiger partial charge in [0.05, 0.1) is 5.52 Å². The van der Waals surface area contributed by atoms with Crippen LogP contribution in [-0.4, -0.2) is 23.3 Å². The van der Waals surface area contributed by atoms with Crippen molar-refractivity contribution in [1.82, 2.24) is 10.3 Å². The van der Waals surface area contributed by atoms with Crippen LogP contribution in [0.1, 0.15) is 26.4 Å². The predicted molar refractivity (Wildman–Crippen MR) is 92.2 cm³/mol. The lowest BCUT2D eigenvalue weighted by Gasteiger charge is -2.17. The van der Waals surface area contributed by atoms with Crippen molar-refractivity contribution in [2.75, 3.05) is 11.9 Å². The number of nitrogens with zero attached hydrogens (tertiary/aromatic N) is 1. The minimum absolute atomic E-state index is 0.101. The smallest absolute Gasteiger partial charge is 0.274 e. The van der Waals surface area contributed by atoms with Crippen molar-refractivity contribution in [3.63, 3.8) is 0 Å². The van der Waals surface area contributed by atoms with E-state index in [1.807, 2.05) is 42.5 Å². The van der Waals surface area contributed by atoms with Crippen molar-refractivity contribution in [3.8, 4) is 0 Å². The Kier molecular flexibility index (Phi) is 3.46. The van der Waals surface area contributed by atoms with Crippen LogP contribution in [0.5, 0.6) is 0 Å². The highest BCUT2D eigenvalue weighted by molar-refractivity contribution is 6.05. The molecular formula is C19H15N3O2. The molecule has 0 spiro atoms. The van der Waals surface area contributed by atoms with E-state index >= 15 is 0 Å². The fourth-order valence-corrected chi connectivity index (χ4v) is 2.88. The Morgan fingerprint density at radius 2 is 1.96 bits per heavy atom. The van der Waals surface area contributed by atoms with E-state index in [1.165, 1.54) is 0 Å². The molecule has 2 heterocycles. The first-order valence-corrected chi connectivity index (χ1v) is 7.79. The number of rotatable bonds is 2. The molecular weight excluding hydrogens is 302 g/mol. The van der Waals surface area contributed by atoms with E-state index in [2.05, 4.69) is 15.6 Å². The molecule has 2 amide bonds. The first-order chi connectivity index (χ1) is 11.7. The van der Waals surface area contributed by atoms with Gasteiger partial charge in [-0.05, 0) is 36.2 Å². The lowest BCUT2D eigenvalue weighted by molar-refractivity contribution is 0.0944. The molecule has 0 saturated heterocycles. The highest BCUT2D eigenvalue weighted by Gasteiger charge is 2.17. The van der Waals surface area contributed by atoms with Crippen molar-refractivity contribution in [2.24, 2.45) is 0 Å². The van der Waals surface area contributed by atoms with Crippen LogP contribution in [0.15, 0.2) is 54.6 Å². The van der Waals surface area contributed by atoms with Gasteiger partial charge < -0.3 is 10.6 Å². The number of nitrogens with one attached hydrogen (secondary N) is 2. The summed E-state index contributed by atoms with van der Waals surface area (Å²) in [6.45, 7) is 0.651. The number of fused-ring (bicyclic) bond motifs is 2. The zero-order chi connectivity index (χ0) is 16.5. The summed E-state index contributed by atoms with van der Waals surface area (Å²) in [5.74, 6) is -0.395. The van der Waals surface area contributed by atoms with E-state index in [0.29, 0.717) is 23.5 Å². The van der Waals surface area contributed by atoms with Gasteiger partial charge >= 0.3 is 0 Å². The minimum Gasteiger partial charge on any atom is -0.352 e. The molecule has 5 heteroatoms. The molecule has 0 saturated carbocycles.